The van der Waals surface area contributed by atoms with Crippen molar-refractivity contribution in [2.45, 2.75) is 18.7 Å². The highest BCUT2D eigenvalue weighted by Gasteiger charge is 2.17. The molecule has 0 fully saturated rings. The van der Waals surface area contributed by atoms with Crippen molar-refractivity contribution in [1.29, 1.82) is 0 Å². The lowest BCUT2D eigenvalue weighted by Crippen LogP contribution is -2.14. The van der Waals surface area contributed by atoms with E-state index in [4.69, 9.17) is 4.74 Å². The normalized spacial score (nSPS) is 10.6. The second kappa shape index (κ2) is 10.6. The summed E-state index contributed by atoms with van der Waals surface area (Å²) in [6, 6.07) is 23.0. The summed E-state index contributed by atoms with van der Waals surface area (Å²) < 4.78 is 7.61. The molecule has 172 valence electrons. The number of carbonyl (C=O) groups excluding carboxylic acids is 1. The molecule has 1 aromatic heterocycles. The van der Waals surface area contributed by atoms with Crippen LogP contribution in [0.5, 0.6) is 5.75 Å². The van der Waals surface area contributed by atoms with Gasteiger partial charge in [0.2, 0.25) is 5.91 Å². The van der Waals surface area contributed by atoms with Gasteiger partial charge in [-0.2, -0.15) is 0 Å². The topological polar surface area (TPSA) is 112 Å². The van der Waals surface area contributed by atoms with E-state index in [0.29, 0.717) is 16.7 Å². The fourth-order valence-corrected chi connectivity index (χ4v) is 3.96. The van der Waals surface area contributed by atoms with E-state index in [-0.39, 0.29) is 24.0 Å². The summed E-state index contributed by atoms with van der Waals surface area (Å²) in [4.78, 5) is 22.8. The van der Waals surface area contributed by atoms with Crippen LogP contribution >= 0.6 is 11.8 Å². The average Bonchev–Trinajstić information content (AvgIpc) is 3.25. The number of anilines is 1. The van der Waals surface area contributed by atoms with Crippen LogP contribution in [-0.2, 0) is 11.4 Å². The number of hydrogen-bond acceptors (Lipinski definition) is 7. The molecule has 4 rings (SSSR count). The molecule has 0 saturated carbocycles. The summed E-state index contributed by atoms with van der Waals surface area (Å²) in [5.74, 6) is 1.01. The third-order valence-corrected chi connectivity index (χ3v) is 5.69. The van der Waals surface area contributed by atoms with Crippen molar-refractivity contribution in [3.05, 3.63) is 100 Å². The second-order valence-electron chi connectivity index (χ2n) is 7.32. The number of para-hydroxylation sites is 1. The summed E-state index contributed by atoms with van der Waals surface area (Å²) >= 11 is 1.27. The maximum Gasteiger partial charge on any atom is 0.269 e. The van der Waals surface area contributed by atoms with Gasteiger partial charge in [-0.3, -0.25) is 19.5 Å². The van der Waals surface area contributed by atoms with Crippen LogP contribution < -0.4 is 10.1 Å². The van der Waals surface area contributed by atoms with E-state index in [2.05, 4.69) is 15.5 Å². The minimum absolute atomic E-state index is 0.0116. The van der Waals surface area contributed by atoms with Crippen LogP contribution in [0.25, 0.3) is 5.69 Å². The molecule has 0 spiro atoms. The van der Waals surface area contributed by atoms with E-state index in [0.717, 1.165) is 16.9 Å². The van der Waals surface area contributed by atoms with Crippen molar-refractivity contribution in [2.75, 3.05) is 11.1 Å². The molecule has 0 aliphatic rings. The molecule has 0 atom stereocenters. The lowest BCUT2D eigenvalue weighted by molar-refractivity contribution is -0.384. The lowest BCUT2D eigenvalue weighted by Gasteiger charge is -2.11. The predicted octanol–water partition coefficient (Wildman–Crippen LogP) is 4.79. The average molecular weight is 476 g/mol. The number of nitro groups is 1. The van der Waals surface area contributed by atoms with Crippen molar-refractivity contribution in [2.24, 2.45) is 0 Å². The molecular formula is C24H21N5O4S. The first-order valence-electron chi connectivity index (χ1n) is 10.4. The number of benzene rings is 3. The standard InChI is InChI=1S/C24H21N5O4S/c1-17-6-5-7-18(14-17)25-23(30)16-34-24-27-26-22(28(24)19-8-3-2-4-9-19)15-33-21-12-10-20(11-13-21)29(31)32/h2-14H,15-16H2,1H3,(H,25,30). The van der Waals surface area contributed by atoms with Gasteiger partial charge in [-0.15, -0.1) is 10.2 Å². The Labute approximate surface area is 199 Å². The molecule has 0 aliphatic heterocycles. The van der Waals surface area contributed by atoms with Crippen LogP contribution in [0.2, 0.25) is 0 Å². The van der Waals surface area contributed by atoms with Crippen molar-refractivity contribution in [3.63, 3.8) is 0 Å². The number of aromatic nitrogens is 3. The molecule has 1 amide bonds. The molecule has 0 saturated heterocycles. The number of nitrogens with zero attached hydrogens (tertiary/aromatic N) is 4. The fraction of sp³-hybridized carbons (Fsp3) is 0.125. The van der Waals surface area contributed by atoms with Gasteiger partial charge < -0.3 is 10.1 Å². The Morgan fingerprint density at radius 2 is 1.82 bits per heavy atom. The molecular weight excluding hydrogens is 454 g/mol. The molecule has 3 aromatic carbocycles. The minimum atomic E-state index is -0.464. The van der Waals surface area contributed by atoms with Crippen molar-refractivity contribution in [3.8, 4) is 11.4 Å². The number of nitro benzene ring substituents is 1. The van der Waals surface area contributed by atoms with Crippen molar-refractivity contribution in [1.82, 2.24) is 14.8 Å². The Bertz CT molecular complexity index is 1290. The van der Waals surface area contributed by atoms with Gasteiger partial charge in [-0.25, -0.2) is 0 Å². The largest absolute Gasteiger partial charge is 0.486 e. The summed E-state index contributed by atoms with van der Waals surface area (Å²) in [6.07, 6.45) is 0. The second-order valence-corrected chi connectivity index (χ2v) is 8.26. The number of aryl methyl sites for hydroxylation is 1. The molecule has 4 aromatic rings. The van der Waals surface area contributed by atoms with Gasteiger partial charge in [0.25, 0.3) is 5.69 Å². The van der Waals surface area contributed by atoms with Gasteiger partial charge in [-0.1, -0.05) is 42.1 Å². The Morgan fingerprint density at radius 3 is 2.53 bits per heavy atom. The number of nitrogens with one attached hydrogen (secondary N) is 1. The third kappa shape index (κ3) is 5.78. The summed E-state index contributed by atoms with van der Waals surface area (Å²) in [5, 5.41) is 22.8. The molecule has 34 heavy (non-hydrogen) atoms. The van der Waals surface area contributed by atoms with Crippen LogP contribution in [0.15, 0.2) is 84.0 Å². The maximum absolute atomic E-state index is 12.5. The molecule has 1 heterocycles. The van der Waals surface area contributed by atoms with E-state index in [1.807, 2.05) is 66.1 Å². The monoisotopic (exact) mass is 475 g/mol. The minimum Gasteiger partial charge on any atom is -0.486 e. The molecule has 0 unspecified atom stereocenters. The van der Waals surface area contributed by atoms with Crippen LogP contribution in [0.1, 0.15) is 11.4 Å². The number of non-ortho nitro benzene ring substituents is 1. The van der Waals surface area contributed by atoms with Crippen molar-refractivity contribution < 1.29 is 14.5 Å². The van der Waals surface area contributed by atoms with Gasteiger partial charge in [0.1, 0.15) is 12.4 Å². The zero-order chi connectivity index (χ0) is 23.9. The van der Waals surface area contributed by atoms with E-state index in [1.54, 1.807) is 0 Å². The lowest BCUT2D eigenvalue weighted by atomic mass is 10.2. The highest BCUT2D eigenvalue weighted by Crippen LogP contribution is 2.24. The van der Waals surface area contributed by atoms with Crippen LogP contribution in [0.3, 0.4) is 0 Å². The number of ether oxygens (including phenoxy) is 1. The zero-order valence-electron chi connectivity index (χ0n) is 18.2. The predicted molar refractivity (Wildman–Crippen MR) is 129 cm³/mol. The first-order valence-corrected chi connectivity index (χ1v) is 11.3. The third-order valence-electron chi connectivity index (χ3n) is 4.76. The van der Waals surface area contributed by atoms with E-state index in [1.165, 1.54) is 36.0 Å². The van der Waals surface area contributed by atoms with Gasteiger partial charge >= 0.3 is 0 Å². The Hall–Kier alpha value is -4.18. The first-order chi connectivity index (χ1) is 16.5. The van der Waals surface area contributed by atoms with Gasteiger partial charge in [0.15, 0.2) is 11.0 Å². The number of thioether (sulfide) groups is 1. The van der Waals surface area contributed by atoms with E-state index < -0.39 is 4.92 Å². The Balaban J connectivity index is 1.48. The summed E-state index contributed by atoms with van der Waals surface area (Å²) in [6.45, 7) is 2.06. The number of amides is 1. The van der Waals surface area contributed by atoms with Crippen LogP contribution in [-0.4, -0.2) is 31.3 Å². The quantitative estimate of drug-likeness (QED) is 0.210. The van der Waals surface area contributed by atoms with Crippen LogP contribution in [0.4, 0.5) is 11.4 Å². The molecule has 9 nitrogen and oxygen atoms in total. The van der Waals surface area contributed by atoms with E-state index >= 15 is 0 Å². The SMILES string of the molecule is Cc1cccc(NC(=O)CSc2nnc(COc3ccc([N+](=O)[O-])cc3)n2-c2ccccc2)c1. The molecule has 10 heteroatoms. The summed E-state index contributed by atoms with van der Waals surface area (Å²) in [7, 11) is 0. The summed E-state index contributed by atoms with van der Waals surface area (Å²) in [5.41, 5.74) is 2.62. The number of rotatable bonds is 9. The Kier molecular flexibility index (Phi) is 7.19. The number of hydrogen-bond donors (Lipinski definition) is 1. The molecule has 0 aliphatic carbocycles. The van der Waals surface area contributed by atoms with E-state index in [9.17, 15) is 14.9 Å². The van der Waals surface area contributed by atoms with Gasteiger partial charge in [0.05, 0.1) is 10.7 Å². The number of carbonyl (C=O) groups is 1. The molecule has 0 radical (unpaired) electrons. The Morgan fingerprint density at radius 1 is 1.06 bits per heavy atom. The highest BCUT2D eigenvalue weighted by atomic mass is 32.2. The van der Waals surface area contributed by atoms with Gasteiger partial charge in [0, 0.05) is 23.5 Å². The fourth-order valence-electron chi connectivity index (χ4n) is 3.19. The molecule has 1 N–H and O–H groups in total. The highest BCUT2D eigenvalue weighted by molar-refractivity contribution is 7.99. The smallest absolute Gasteiger partial charge is 0.269 e. The van der Waals surface area contributed by atoms with Crippen molar-refractivity contribution >= 4 is 29.0 Å². The maximum atomic E-state index is 12.5. The first kappa shape index (κ1) is 23.0. The zero-order valence-corrected chi connectivity index (χ0v) is 19.1. The van der Waals surface area contributed by atoms with Gasteiger partial charge in [-0.05, 0) is 48.9 Å². The van der Waals surface area contributed by atoms with Crippen LogP contribution in [0, 0.1) is 17.0 Å². The molecule has 0 bridgehead atoms.